The van der Waals surface area contributed by atoms with Crippen LogP contribution in [0.1, 0.15) is 16.7 Å². The number of rotatable bonds is 5. The SMILES string of the molecule is N#Cc1ccccc1Cn1c(Cl)cc(=O)n(Cc2ccc(-n3cccn3)cc2)c1=O. The van der Waals surface area contributed by atoms with Gasteiger partial charge < -0.3 is 0 Å². The summed E-state index contributed by atoms with van der Waals surface area (Å²) in [6, 6.07) is 19.5. The minimum Gasteiger partial charge on any atom is -0.279 e. The van der Waals surface area contributed by atoms with Crippen LogP contribution in [-0.4, -0.2) is 18.9 Å². The molecular formula is C22H16ClN5O2. The Morgan fingerprint density at radius 2 is 1.73 bits per heavy atom. The summed E-state index contributed by atoms with van der Waals surface area (Å²) in [5.74, 6) is 0. The Kier molecular flexibility index (Phi) is 5.33. The van der Waals surface area contributed by atoms with Gasteiger partial charge in [-0.3, -0.25) is 13.9 Å². The minimum absolute atomic E-state index is 0.0306. The largest absolute Gasteiger partial charge is 0.332 e. The Hall–Kier alpha value is -3.89. The second kappa shape index (κ2) is 8.23. The van der Waals surface area contributed by atoms with E-state index in [0.717, 1.165) is 15.8 Å². The lowest BCUT2D eigenvalue weighted by Gasteiger charge is -2.13. The van der Waals surface area contributed by atoms with Gasteiger partial charge in [-0.05, 0) is 35.4 Å². The molecule has 0 fully saturated rings. The minimum atomic E-state index is -0.531. The molecule has 0 aliphatic carbocycles. The molecule has 2 aromatic carbocycles. The molecule has 0 spiro atoms. The van der Waals surface area contributed by atoms with Crippen molar-refractivity contribution in [2.45, 2.75) is 13.1 Å². The van der Waals surface area contributed by atoms with Gasteiger partial charge in [0.25, 0.3) is 5.56 Å². The van der Waals surface area contributed by atoms with E-state index in [4.69, 9.17) is 11.6 Å². The van der Waals surface area contributed by atoms with Crippen LogP contribution >= 0.6 is 11.6 Å². The number of nitrogens with zero attached hydrogens (tertiary/aromatic N) is 5. The van der Waals surface area contributed by atoms with Gasteiger partial charge in [0.15, 0.2) is 0 Å². The number of nitriles is 1. The normalized spacial score (nSPS) is 10.7. The molecule has 0 radical (unpaired) electrons. The van der Waals surface area contributed by atoms with Gasteiger partial charge in [-0.1, -0.05) is 41.9 Å². The third-order valence-corrected chi connectivity index (χ3v) is 5.05. The van der Waals surface area contributed by atoms with Crippen LogP contribution < -0.4 is 11.2 Å². The monoisotopic (exact) mass is 417 g/mol. The first-order valence-electron chi connectivity index (χ1n) is 9.14. The number of hydrogen-bond acceptors (Lipinski definition) is 4. The molecule has 0 atom stereocenters. The van der Waals surface area contributed by atoms with Crippen LogP contribution in [0.2, 0.25) is 5.15 Å². The van der Waals surface area contributed by atoms with Crippen molar-refractivity contribution in [1.82, 2.24) is 18.9 Å². The van der Waals surface area contributed by atoms with Gasteiger partial charge in [0.05, 0.1) is 30.4 Å². The molecule has 0 unspecified atom stereocenters. The van der Waals surface area contributed by atoms with Crippen LogP contribution in [0.3, 0.4) is 0 Å². The predicted molar refractivity (Wildman–Crippen MR) is 113 cm³/mol. The molecular weight excluding hydrogens is 402 g/mol. The van der Waals surface area contributed by atoms with Crippen LogP contribution in [-0.2, 0) is 13.1 Å². The van der Waals surface area contributed by atoms with Crippen LogP contribution in [0.15, 0.2) is 82.6 Å². The van der Waals surface area contributed by atoms with Crippen LogP contribution in [0.5, 0.6) is 0 Å². The topological polar surface area (TPSA) is 85.6 Å². The molecule has 0 aliphatic heterocycles. The van der Waals surface area contributed by atoms with Crippen molar-refractivity contribution in [3.63, 3.8) is 0 Å². The molecule has 30 heavy (non-hydrogen) atoms. The van der Waals surface area contributed by atoms with E-state index in [0.29, 0.717) is 11.1 Å². The van der Waals surface area contributed by atoms with Gasteiger partial charge >= 0.3 is 5.69 Å². The fraction of sp³-hybridized carbons (Fsp3) is 0.0909. The fourth-order valence-corrected chi connectivity index (χ4v) is 3.40. The fourth-order valence-electron chi connectivity index (χ4n) is 3.17. The van der Waals surface area contributed by atoms with E-state index in [-0.39, 0.29) is 18.2 Å². The average Bonchev–Trinajstić information content (AvgIpc) is 3.30. The molecule has 148 valence electrons. The smallest absolute Gasteiger partial charge is 0.279 e. The lowest BCUT2D eigenvalue weighted by molar-refractivity contribution is 0.612. The lowest BCUT2D eigenvalue weighted by atomic mass is 10.1. The van der Waals surface area contributed by atoms with Crippen molar-refractivity contribution in [1.29, 1.82) is 5.26 Å². The Morgan fingerprint density at radius 1 is 0.967 bits per heavy atom. The lowest BCUT2D eigenvalue weighted by Crippen LogP contribution is -2.40. The highest BCUT2D eigenvalue weighted by atomic mass is 35.5. The van der Waals surface area contributed by atoms with Crippen molar-refractivity contribution >= 4 is 11.6 Å². The number of aromatic nitrogens is 4. The van der Waals surface area contributed by atoms with E-state index in [1.807, 2.05) is 36.5 Å². The first-order valence-corrected chi connectivity index (χ1v) is 9.52. The summed E-state index contributed by atoms with van der Waals surface area (Å²) in [6.07, 6.45) is 3.52. The predicted octanol–water partition coefficient (Wildman–Crippen LogP) is 2.82. The Bertz CT molecular complexity index is 1350. The first-order chi connectivity index (χ1) is 14.6. The maximum Gasteiger partial charge on any atom is 0.332 e. The van der Waals surface area contributed by atoms with Crippen LogP contribution in [0, 0.1) is 11.3 Å². The third kappa shape index (κ3) is 3.81. The molecule has 0 bridgehead atoms. The highest BCUT2D eigenvalue weighted by molar-refractivity contribution is 6.29. The summed E-state index contributed by atoms with van der Waals surface area (Å²) in [5, 5.41) is 13.5. The summed E-state index contributed by atoms with van der Waals surface area (Å²) in [6.45, 7) is 0.202. The summed E-state index contributed by atoms with van der Waals surface area (Å²) >= 11 is 6.19. The summed E-state index contributed by atoms with van der Waals surface area (Å²) in [4.78, 5) is 25.5. The number of hydrogen-bond donors (Lipinski definition) is 0. The van der Waals surface area contributed by atoms with Crippen LogP contribution in [0.25, 0.3) is 5.69 Å². The van der Waals surface area contributed by atoms with Crippen molar-refractivity contribution in [3.8, 4) is 11.8 Å². The van der Waals surface area contributed by atoms with Gasteiger partial charge in [-0.25, -0.2) is 9.48 Å². The molecule has 0 saturated carbocycles. The summed E-state index contributed by atoms with van der Waals surface area (Å²) in [5.41, 5.74) is 1.75. The van der Waals surface area contributed by atoms with E-state index in [9.17, 15) is 14.9 Å². The molecule has 0 aliphatic rings. The highest BCUT2D eigenvalue weighted by Gasteiger charge is 2.13. The van der Waals surface area contributed by atoms with Gasteiger partial charge in [0.2, 0.25) is 0 Å². The summed E-state index contributed by atoms with van der Waals surface area (Å²) < 4.78 is 4.14. The molecule has 0 N–H and O–H groups in total. The van der Waals surface area contributed by atoms with Crippen molar-refractivity contribution in [3.05, 3.63) is 116 Å². The molecule has 0 saturated heterocycles. The maximum absolute atomic E-state index is 13.0. The quantitative estimate of drug-likeness (QED) is 0.467. The summed E-state index contributed by atoms with van der Waals surface area (Å²) in [7, 11) is 0. The zero-order chi connectivity index (χ0) is 21.1. The molecule has 8 heteroatoms. The Labute approximate surface area is 176 Å². The second-order valence-electron chi connectivity index (χ2n) is 6.65. The van der Waals surface area contributed by atoms with Gasteiger partial charge in [-0.2, -0.15) is 10.4 Å². The van der Waals surface area contributed by atoms with E-state index in [1.165, 1.54) is 10.6 Å². The highest BCUT2D eigenvalue weighted by Crippen LogP contribution is 2.13. The van der Waals surface area contributed by atoms with Gasteiger partial charge in [0.1, 0.15) is 5.15 Å². The number of halogens is 1. The van der Waals surface area contributed by atoms with E-state index in [2.05, 4.69) is 11.2 Å². The molecule has 4 rings (SSSR count). The Balaban J connectivity index is 1.67. The molecule has 7 nitrogen and oxygen atoms in total. The van der Waals surface area contributed by atoms with Crippen molar-refractivity contribution in [2.24, 2.45) is 0 Å². The third-order valence-electron chi connectivity index (χ3n) is 4.74. The van der Waals surface area contributed by atoms with Crippen molar-refractivity contribution < 1.29 is 0 Å². The van der Waals surface area contributed by atoms with Crippen LogP contribution in [0.4, 0.5) is 0 Å². The number of benzene rings is 2. The Morgan fingerprint density at radius 3 is 2.43 bits per heavy atom. The molecule has 2 heterocycles. The standard InChI is InChI=1S/C22H16ClN5O2/c23-20-12-21(29)27(14-16-6-8-19(9-7-16)28-11-3-10-25-28)22(30)26(20)15-18-5-2-1-4-17(18)13-24/h1-12H,14-15H2. The van der Waals surface area contributed by atoms with E-state index < -0.39 is 11.2 Å². The average molecular weight is 418 g/mol. The molecule has 4 aromatic rings. The zero-order valence-electron chi connectivity index (χ0n) is 15.8. The zero-order valence-corrected chi connectivity index (χ0v) is 16.5. The van der Waals surface area contributed by atoms with Gasteiger partial charge in [0, 0.05) is 18.5 Å². The second-order valence-corrected chi connectivity index (χ2v) is 7.03. The van der Waals surface area contributed by atoms with E-state index in [1.54, 1.807) is 35.1 Å². The molecule has 0 amide bonds. The van der Waals surface area contributed by atoms with Crippen molar-refractivity contribution in [2.75, 3.05) is 0 Å². The van der Waals surface area contributed by atoms with E-state index >= 15 is 0 Å². The maximum atomic E-state index is 13.0. The molecule has 2 aromatic heterocycles. The van der Waals surface area contributed by atoms with Gasteiger partial charge in [-0.15, -0.1) is 0 Å². The first kappa shape index (κ1) is 19.4.